The Morgan fingerprint density at radius 3 is 2.65 bits per heavy atom. The Balaban J connectivity index is 1.35. The van der Waals surface area contributed by atoms with Crippen molar-refractivity contribution >= 4 is 15.9 Å². The highest BCUT2D eigenvalue weighted by Crippen LogP contribution is 2.24. The predicted molar refractivity (Wildman–Crippen MR) is 116 cm³/mol. The van der Waals surface area contributed by atoms with Crippen LogP contribution in [-0.4, -0.2) is 35.7 Å². The van der Waals surface area contributed by atoms with Crippen LogP contribution in [0.4, 0.5) is 0 Å². The Bertz CT molecular complexity index is 1250. The van der Waals surface area contributed by atoms with Gasteiger partial charge in [0.25, 0.3) is 5.91 Å². The Hall–Kier alpha value is -3.41. The Kier molecular flexibility index (Phi) is 5.89. The van der Waals surface area contributed by atoms with E-state index in [4.69, 9.17) is 5.14 Å². The first kappa shape index (κ1) is 20.8. The molecule has 4 rings (SSSR count). The highest BCUT2D eigenvalue weighted by Gasteiger charge is 2.26. The molecule has 0 saturated carbocycles. The van der Waals surface area contributed by atoms with Crippen molar-refractivity contribution in [2.24, 2.45) is 5.14 Å². The van der Waals surface area contributed by atoms with Gasteiger partial charge in [-0.3, -0.25) is 4.79 Å². The van der Waals surface area contributed by atoms with E-state index in [9.17, 15) is 13.2 Å². The van der Waals surface area contributed by atoms with Gasteiger partial charge in [-0.2, -0.15) is 0 Å². The van der Waals surface area contributed by atoms with Gasteiger partial charge < -0.3 is 9.88 Å². The number of fused-ring (bicyclic) bond motifs is 1. The largest absolute Gasteiger partial charge is 0.348 e. The summed E-state index contributed by atoms with van der Waals surface area (Å²) in [5, 5.41) is 5.13. The summed E-state index contributed by atoms with van der Waals surface area (Å²) >= 11 is 0. The highest BCUT2D eigenvalue weighted by molar-refractivity contribution is 7.89. The van der Waals surface area contributed by atoms with E-state index in [1.54, 1.807) is 29.6 Å². The molecule has 2 heterocycles. The Morgan fingerprint density at radius 2 is 1.94 bits per heavy atom. The zero-order valence-electron chi connectivity index (χ0n) is 16.8. The summed E-state index contributed by atoms with van der Waals surface area (Å²) in [5.74, 6) is 6.34. The number of sulfonamides is 1. The van der Waals surface area contributed by atoms with Crippen LogP contribution >= 0.6 is 0 Å². The van der Waals surface area contributed by atoms with Gasteiger partial charge in [0, 0.05) is 42.5 Å². The topological polar surface area (TPSA) is 109 Å². The van der Waals surface area contributed by atoms with Crippen LogP contribution in [-0.2, 0) is 29.4 Å². The van der Waals surface area contributed by atoms with Crippen molar-refractivity contribution in [1.82, 2.24) is 14.9 Å². The number of hydrogen-bond acceptors (Lipinski definition) is 4. The number of nitrogens with two attached hydrogens (primary N) is 1. The van der Waals surface area contributed by atoms with Gasteiger partial charge in [-0.15, -0.1) is 0 Å². The van der Waals surface area contributed by atoms with Crippen molar-refractivity contribution in [2.75, 3.05) is 6.54 Å². The predicted octanol–water partition coefficient (Wildman–Crippen LogP) is 2.24. The molecule has 7 nitrogen and oxygen atoms in total. The number of rotatable bonds is 6. The van der Waals surface area contributed by atoms with Gasteiger partial charge in [-0.1, -0.05) is 24.0 Å². The van der Waals surface area contributed by atoms with Crippen LogP contribution in [0.15, 0.2) is 59.9 Å². The highest BCUT2D eigenvalue weighted by atomic mass is 32.2. The number of benzene rings is 2. The molecule has 3 N–H and O–H groups in total. The summed E-state index contributed by atoms with van der Waals surface area (Å²) in [5.41, 5.74) is 4.60. The lowest BCUT2D eigenvalue weighted by molar-refractivity contribution is 0.0780. The molecule has 0 saturated heterocycles. The number of aromatic nitrogens is 2. The molecule has 0 fully saturated rings. The second kappa shape index (κ2) is 8.76. The first-order valence-corrected chi connectivity index (χ1v) is 11.4. The first-order chi connectivity index (χ1) is 14.9. The van der Waals surface area contributed by atoms with E-state index in [-0.39, 0.29) is 10.8 Å². The smallest absolute Gasteiger partial charge is 0.254 e. The number of aromatic amines is 1. The summed E-state index contributed by atoms with van der Waals surface area (Å²) in [7, 11) is -3.70. The molecule has 0 atom stereocenters. The van der Waals surface area contributed by atoms with Crippen LogP contribution in [0.25, 0.3) is 0 Å². The van der Waals surface area contributed by atoms with Crippen LogP contribution < -0.4 is 5.14 Å². The van der Waals surface area contributed by atoms with Gasteiger partial charge in [0.2, 0.25) is 10.0 Å². The Labute approximate surface area is 181 Å². The number of nitrogens with zero attached hydrogens (tertiary/aromatic N) is 2. The number of H-pyrrole nitrogens is 1. The van der Waals surface area contributed by atoms with Crippen LogP contribution in [0, 0.1) is 11.8 Å². The van der Waals surface area contributed by atoms with E-state index in [2.05, 4.69) is 21.8 Å². The molecular formula is C23H22N4O3S. The van der Waals surface area contributed by atoms with Gasteiger partial charge in [0.15, 0.2) is 0 Å². The molecule has 158 valence electrons. The fourth-order valence-electron chi connectivity index (χ4n) is 3.53. The fraction of sp³-hybridized carbons (Fsp3) is 0.217. The van der Waals surface area contributed by atoms with Crippen molar-refractivity contribution in [3.63, 3.8) is 0 Å². The molecule has 1 amide bonds. The zero-order chi connectivity index (χ0) is 21.8. The third-order valence-corrected chi connectivity index (χ3v) is 6.14. The summed E-state index contributed by atoms with van der Waals surface area (Å²) in [6.45, 7) is 1.10. The SMILES string of the molecule is NS(=O)(=O)c1ccc(CCN2Cc3cc(C#CCCc4cnc[nH]4)ccc3C2=O)cc1. The molecule has 1 aromatic heterocycles. The molecule has 8 heteroatoms. The van der Waals surface area contributed by atoms with Crippen LogP contribution in [0.3, 0.4) is 0 Å². The Morgan fingerprint density at radius 1 is 1.13 bits per heavy atom. The number of amides is 1. The van der Waals surface area contributed by atoms with Crippen LogP contribution in [0.5, 0.6) is 0 Å². The molecule has 0 bridgehead atoms. The van der Waals surface area contributed by atoms with Gasteiger partial charge >= 0.3 is 0 Å². The molecule has 3 aromatic rings. The molecule has 0 unspecified atom stereocenters. The molecule has 0 spiro atoms. The lowest BCUT2D eigenvalue weighted by atomic mass is 10.1. The van der Waals surface area contributed by atoms with Crippen LogP contribution in [0.1, 0.15) is 39.2 Å². The van der Waals surface area contributed by atoms with E-state index in [1.165, 1.54) is 12.1 Å². The third kappa shape index (κ3) is 5.02. The monoisotopic (exact) mass is 434 g/mol. The average molecular weight is 435 g/mol. The molecule has 1 aliphatic rings. The number of primary sulfonamides is 1. The van der Waals surface area contributed by atoms with E-state index < -0.39 is 10.0 Å². The van der Waals surface area contributed by atoms with Gasteiger partial charge in [-0.25, -0.2) is 18.5 Å². The normalized spacial score (nSPS) is 13.1. The lowest BCUT2D eigenvalue weighted by Crippen LogP contribution is -2.26. The van der Waals surface area contributed by atoms with E-state index in [1.807, 2.05) is 18.2 Å². The quantitative estimate of drug-likeness (QED) is 0.580. The van der Waals surface area contributed by atoms with Gasteiger partial charge in [0.05, 0.1) is 11.2 Å². The average Bonchev–Trinajstić information content (AvgIpc) is 3.37. The summed E-state index contributed by atoms with van der Waals surface area (Å²) < 4.78 is 22.7. The van der Waals surface area contributed by atoms with Crippen molar-refractivity contribution in [3.8, 4) is 11.8 Å². The maximum absolute atomic E-state index is 12.7. The van der Waals surface area contributed by atoms with Gasteiger partial charge in [0.1, 0.15) is 0 Å². The van der Waals surface area contributed by atoms with Crippen molar-refractivity contribution < 1.29 is 13.2 Å². The second-order valence-electron chi connectivity index (χ2n) is 7.42. The number of carbonyl (C=O) groups excluding carboxylic acids is 1. The summed E-state index contributed by atoms with van der Waals surface area (Å²) in [4.78, 5) is 21.6. The third-order valence-electron chi connectivity index (χ3n) is 5.21. The van der Waals surface area contributed by atoms with E-state index >= 15 is 0 Å². The van der Waals surface area contributed by atoms with E-state index in [0.29, 0.717) is 25.1 Å². The van der Waals surface area contributed by atoms with Gasteiger partial charge in [-0.05, 0) is 54.3 Å². The molecule has 0 aliphatic carbocycles. The fourth-order valence-corrected chi connectivity index (χ4v) is 4.05. The maximum Gasteiger partial charge on any atom is 0.254 e. The van der Waals surface area contributed by atoms with E-state index in [0.717, 1.165) is 35.2 Å². The first-order valence-electron chi connectivity index (χ1n) is 9.90. The number of nitrogens with one attached hydrogen (secondary N) is 1. The number of hydrogen-bond donors (Lipinski definition) is 2. The molecular weight excluding hydrogens is 412 g/mol. The number of aryl methyl sites for hydroxylation is 1. The minimum Gasteiger partial charge on any atom is -0.348 e. The lowest BCUT2D eigenvalue weighted by Gasteiger charge is -2.15. The minimum absolute atomic E-state index is 0.00918. The molecule has 0 radical (unpaired) electrons. The van der Waals surface area contributed by atoms with Crippen LogP contribution in [0.2, 0.25) is 0 Å². The minimum atomic E-state index is -3.70. The standard InChI is InChI=1S/C23H22N4O3S/c24-31(29,30)21-8-5-17(6-9-21)11-12-27-15-19-13-18(7-10-22(19)23(27)28)3-1-2-4-20-14-25-16-26-20/h5-10,13-14,16H,2,4,11-12,15H2,(H,25,26)(H2,24,29,30). The molecule has 31 heavy (non-hydrogen) atoms. The molecule has 2 aromatic carbocycles. The summed E-state index contributed by atoms with van der Waals surface area (Å²) in [6.07, 6.45) is 5.64. The zero-order valence-corrected chi connectivity index (χ0v) is 17.7. The number of imidazole rings is 1. The summed E-state index contributed by atoms with van der Waals surface area (Å²) in [6, 6.07) is 12.1. The number of carbonyl (C=O) groups is 1. The van der Waals surface area contributed by atoms with Crippen molar-refractivity contribution in [3.05, 3.63) is 82.9 Å². The van der Waals surface area contributed by atoms with Crippen molar-refractivity contribution in [2.45, 2.75) is 30.7 Å². The molecule has 1 aliphatic heterocycles. The second-order valence-corrected chi connectivity index (χ2v) is 8.98. The maximum atomic E-state index is 12.7. The van der Waals surface area contributed by atoms with Crippen molar-refractivity contribution in [1.29, 1.82) is 0 Å².